The van der Waals surface area contributed by atoms with Crippen LogP contribution in [0.25, 0.3) is 0 Å². The van der Waals surface area contributed by atoms with E-state index in [9.17, 15) is 14.4 Å². The fraction of sp³-hybridized carbons (Fsp3) is 0.190. The maximum Gasteiger partial charge on any atom is 0.248 e. The number of halogens is 2. The van der Waals surface area contributed by atoms with E-state index in [2.05, 4.69) is 0 Å². The number of amides is 1. The maximum absolute atomic E-state index is 13.0. The smallest absolute Gasteiger partial charge is 0.248 e. The molecule has 1 heterocycles. The van der Waals surface area contributed by atoms with Gasteiger partial charge in [0, 0.05) is 30.9 Å². The quantitative estimate of drug-likeness (QED) is 0.566. The lowest BCUT2D eigenvalue weighted by molar-refractivity contribution is -0.141. The Morgan fingerprint density at radius 2 is 1.46 bits per heavy atom. The van der Waals surface area contributed by atoms with Crippen molar-refractivity contribution < 1.29 is 14.4 Å². The third-order valence-corrected chi connectivity index (χ3v) is 5.84. The van der Waals surface area contributed by atoms with Gasteiger partial charge in [-0.25, -0.2) is 0 Å². The van der Waals surface area contributed by atoms with E-state index in [1.165, 1.54) is 4.90 Å². The molecule has 2 unspecified atom stereocenters. The normalized spacial score (nSPS) is 21.6. The van der Waals surface area contributed by atoms with Gasteiger partial charge < -0.3 is 4.90 Å². The van der Waals surface area contributed by atoms with Gasteiger partial charge in [0.1, 0.15) is 16.1 Å². The number of rotatable bonds is 3. The molecule has 2 aromatic carbocycles. The zero-order valence-electron chi connectivity index (χ0n) is 15.1. The largest absolute Gasteiger partial charge is 0.378 e. The first-order chi connectivity index (χ1) is 13.3. The van der Waals surface area contributed by atoms with Crippen LogP contribution in [-0.4, -0.2) is 41.8 Å². The molecule has 2 atom stereocenters. The fourth-order valence-electron chi connectivity index (χ4n) is 3.54. The maximum atomic E-state index is 13.0. The molecule has 1 fully saturated rings. The lowest BCUT2D eigenvalue weighted by Gasteiger charge is -2.46. The van der Waals surface area contributed by atoms with Crippen molar-refractivity contribution >= 4 is 46.4 Å². The molecule has 1 saturated heterocycles. The number of anilines is 1. The Hall–Kier alpha value is -2.63. The molecule has 0 radical (unpaired) electrons. The molecule has 1 aliphatic heterocycles. The van der Waals surface area contributed by atoms with Crippen molar-refractivity contribution in [2.75, 3.05) is 19.0 Å². The van der Waals surface area contributed by atoms with Crippen molar-refractivity contribution in [1.82, 2.24) is 4.90 Å². The molecule has 142 valence electrons. The highest BCUT2D eigenvalue weighted by molar-refractivity contribution is 6.50. The van der Waals surface area contributed by atoms with Crippen molar-refractivity contribution in [1.29, 1.82) is 0 Å². The van der Waals surface area contributed by atoms with Gasteiger partial charge in [0.2, 0.25) is 17.5 Å². The van der Waals surface area contributed by atoms with E-state index < -0.39 is 28.9 Å². The monoisotopic (exact) mass is 414 g/mol. The van der Waals surface area contributed by atoms with Gasteiger partial charge in [-0.3, -0.25) is 19.3 Å². The lowest BCUT2D eigenvalue weighted by Crippen LogP contribution is -2.57. The second kappa shape index (κ2) is 6.76. The average molecular weight is 415 g/mol. The van der Waals surface area contributed by atoms with Crippen molar-refractivity contribution in [2.45, 2.75) is 11.4 Å². The molecule has 0 saturated carbocycles. The van der Waals surface area contributed by atoms with Crippen LogP contribution >= 0.6 is 23.2 Å². The minimum absolute atomic E-state index is 0.103. The molecule has 7 heteroatoms. The predicted molar refractivity (Wildman–Crippen MR) is 108 cm³/mol. The Balaban J connectivity index is 1.77. The highest BCUT2D eigenvalue weighted by atomic mass is 35.5. The van der Waals surface area contributed by atoms with Crippen molar-refractivity contribution in [3.63, 3.8) is 0 Å². The summed E-state index contributed by atoms with van der Waals surface area (Å²) in [4.78, 5) is 41.5. The summed E-state index contributed by atoms with van der Waals surface area (Å²) in [6.45, 7) is 0. The Bertz CT molecular complexity index is 1040. The number of hydrogen-bond acceptors (Lipinski definition) is 4. The molecule has 5 nitrogen and oxygen atoms in total. The topological polar surface area (TPSA) is 57.7 Å². The molecule has 0 N–H and O–H groups in total. The van der Waals surface area contributed by atoms with Crippen LogP contribution in [-0.2, 0) is 4.79 Å². The number of likely N-dealkylation sites (tertiary alicyclic amines) is 1. The second-order valence-corrected chi connectivity index (χ2v) is 7.76. The molecule has 1 amide bonds. The summed E-state index contributed by atoms with van der Waals surface area (Å²) < 4.78 is 0. The Labute approximate surface area is 172 Å². The summed E-state index contributed by atoms with van der Waals surface area (Å²) in [5.41, 5.74) is 2.13. The molecule has 4 rings (SSSR count). The standard InChI is InChI=1S/C21H16Cl2N2O3/c1-24(2)12-9-7-11(8-10-12)17-16(23)21(28)25(17)18-15(22)19(26)13-5-3-4-6-14(13)20(18)27/h3-10,16-17H,1-2H3. The number of hydrogen-bond donors (Lipinski definition) is 0. The van der Waals surface area contributed by atoms with Crippen LogP contribution in [0.5, 0.6) is 0 Å². The first-order valence-electron chi connectivity index (χ1n) is 8.65. The van der Waals surface area contributed by atoms with Gasteiger partial charge in [-0.15, -0.1) is 11.6 Å². The van der Waals surface area contributed by atoms with Crippen molar-refractivity contribution in [3.8, 4) is 0 Å². The van der Waals surface area contributed by atoms with Crippen LogP contribution in [0.3, 0.4) is 0 Å². The number of allylic oxidation sites excluding steroid dienone is 2. The number of benzene rings is 2. The van der Waals surface area contributed by atoms with E-state index in [1.807, 2.05) is 43.3 Å². The van der Waals surface area contributed by atoms with Crippen molar-refractivity contribution in [2.24, 2.45) is 0 Å². The van der Waals surface area contributed by atoms with Crippen LogP contribution in [0, 0.1) is 0 Å². The minimum atomic E-state index is -0.831. The number of carbonyl (C=O) groups is 3. The molecule has 0 bridgehead atoms. The van der Waals surface area contributed by atoms with Gasteiger partial charge in [0.15, 0.2) is 0 Å². The van der Waals surface area contributed by atoms with Crippen LogP contribution in [0.2, 0.25) is 0 Å². The number of nitrogens with zero attached hydrogens (tertiary/aromatic N) is 2. The minimum Gasteiger partial charge on any atom is -0.378 e. The Kier molecular flexibility index (Phi) is 4.52. The van der Waals surface area contributed by atoms with E-state index in [0.29, 0.717) is 0 Å². The predicted octanol–water partition coefficient (Wildman–Crippen LogP) is 3.77. The number of alkyl halides is 1. The number of ketones is 2. The molecular formula is C21H16Cl2N2O3. The third-order valence-electron chi connectivity index (χ3n) is 5.06. The summed E-state index contributed by atoms with van der Waals surface area (Å²) in [5.74, 6) is -1.37. The highest BCUT2D eigenvalue weighted by Gasteiger charge is 2.52. The van der Waals surface area contributed by atoms with E-state index in [-0.39, 0.29) is 21.9 Å². The molecule has 0 spiro atoms. The number of Topliss-reactive ketones (excluding diaryl/α,β-unsaturated/α-hetero) is 2. The van der Waals surface area contributed by atoms with Crippen LogP contribution in [0.15, 0.2) is 59.3 Å². The van der Waals surface area contributed by atoms with Crippen LogP contribution in [0.4, 0.5) is 5.69 Å². The SMILES string of the molecule is CN(C)c1ccc(C2C(Cl)C(=O)N2C2=C(Cl)C(=O)c3ccccc3C2=O)cc1. The summed E-state index contributed by atoms with van der Waals surface area (Å²) in [6, 6.07) is 13.4. The second-order valence-electron chi connectivity index (χ2n) is 6.91. The number of carbonyl (C=O) groups excluding carboxylic acids is 3. The summed E-state index contributed by atoms with van der Waals surface area (Å²) in [5, 5.41) is -1.09. The summed E-state index contributed by atoms with van der Waals surface area (Å²) in [6.07, 6.45) is 0. The van der Waals surface area contributed by atoms with Gasteiger partial charge in [-0.2, -0.15) is 0 Å². The summed E-state index contributed by atoms with van der Waals surface area (Å²) >= 11 is 12.5. The van der Waals surface area contributed by atoms with E-state index >= 15 is 0 Å². The number of β-lactam (4-membered cyclic amide) rings is 1. The molecular weight excluding hydrogens is 399 g/mol. The van der Waals surface area contributed by atoms with Crippen LogP contribution < -0.4 is 4.90 Å². The van der Waals surface area contributed by atoms with E-state index in [0.717, 1.165) is 11.3 Å². The summed E-state index contributed by atoms with van der Waals surface area (Å²) in [7, 11) is 3.85. The average Bonchev–Trinajstić information content (AvgIpc) is 2.71. The van der Waals surface area contributed by atoms with E-state index in [4.69, 9.17) is 23.2 Å². The first-order valence-corrected chi connectivity index (χ1v) is 9.47. The van der Waals surface area contributed by atoms with Crippen LogP contribution in [0.1, 0.15) is 32.3 Å². The Morgan fingerprint density at radius 3 is 2.04 bits per heavy atom. The van der Waals surface area contributed by atoms with Gasteiger partial charge in [-0.05, 0) is 17.7 Å². The zero-order chi connectivity index (χ0) is 20.2. The number of fused-ring (bicyclic) bond motifs is 1. The van der Waals surface area contributed by atoms with E-state index in [1.54, 1.807) is 24.3 Å². The highest BCUT2D eigenvalue weighted by Crippen LogP contribution is 2.45. The Morgan fingerprint density at radius 1 is 0.893 bits per heavy atom. The lowest BCUT2D eigenvalue weighted by atomic mass is 9.86. The first kappa shape index (κ1) is 18.7. The van der Waals surface area contributed by atoms with Crippen molar-refractivity contribution in [3.05, 3.63) is 76.0 Å². The fourth-order valence-corrected chi connectivity index (χ4v) is 4.18. The molecule has 28 heavy (non-hydrogen) atoms. The molecule has 2 aliphatic rings. The molecule has 1 aliphatic carbocycles. The van der Waals surface area contributed by atoms with Gasteiger partial charge in [-0.1, -0.05) is 48.0 Å². The molecule has 2 aromatic rings. The van der Waals surface area contributed by atoms with Gasteiger partial charge >= 0.3 is 0 Å². The zero-order valence-corrected chi connectivity index (χ0v) is 16.7. The van der Waals surface area contributed by atoms with Gasteiger partial charge in [0.25, 0.3) is 0 Å². The molecule has 0 aromatic heterocycles. The third kappa shape index (κ3) is 2.65. The van der Waals surface area contributed by atoms with Gasteiger partial charge in [0.05, 0.1) is 6.04 Å².